The summed E-state index contributed by atoms with van der Waals surface area (Å²) in [6.07, 6.45) is 2.72. The number of rotatable bonds is 6. The Bertz CT molecular complexity index is 1010. The Morgan fingerprint density at radius 2 is 1.68 bits per heavy atom. The normalized spacial score (nSPS) is 17.6. The number of hydrogen-bond donors (Lipinski definition) is 0. The Kier molecular flexibility index (Phi) is 6.07. The van der Waals surface area contributed by atoms with Gasteiger partial charge >= 0.3 is 0 Å². The molecule has 2 aliphatic rings. The second-order valence-corrected chi connectivity index (χ2v) is 8.16. The van der Waals surface area contributed by atoms with E-state index in [1.54, 1.807) is 30.3 Å². The SMILES string of the molecule is CCCOc1ccccc1N1C(=O)C(c2ccc(F)cc2)=C(N2CCC(C)CC2)C1=O. The number of likely N-dealkylation sites (tertiary alicyclic amines) is 1. The van der Waals surface area contributed by atoms with Crippen molar-refractivity contribution in [3.63, 3.8) is 0 Å². The standard InChI is InChI=1S/C25H27FN2O3/c1-3-16-31-21-7-5-4-6-20(21)28-24(29)22(18-8-10-19(26)11-9-18)23(25(28)30)27-14-12-17(2)13-15-27/h4-11,17H,3,12-16H2,1-2H3. The van der Waals surface area contributed by atoms with E-state index in [9.17, 15) is 14.0 Å². The lowest BCUT2D eigenvalue weighted by Crippen LogP contribution is -2.38. The van der Waals surface area contributed by atoms with Gasteiger partial charge in [-0.25, -0.2) is 9.29 Å². The first-order valence-electron chi connectivity index (χ1n) is 10.9. The summed E-state index contributed by atoms with van der Waals surface area (Å²) in [6, 6.07) is 12.9. The molecule has 1 fully saturated rings. The number of benzene rings is 2. The van der Waals surface area contributed by atoms with Crippen molar-refractivity contribution < 1.29 is 18.7 Å². The third-order valence-corrected chi connectivity index (χ3v) is 5.86. The molecule has 6 heteroatoms. The summed E-state index contributed by atoms with van der Waals surface area (Å²) in [5, 5.41) is 0. The molecule has 2 aromatic rings. The molecule has 1 saturated heterocycles. The second-order valence-electron chi connectivity index (χ2n) is 8.16. The zero-order valence-corrected chi connectivity index (χ0v) is 17.9. The lowest BCUT2D eigenvalue weighted by Gasteiger charge is -2.32. The molecule has 162 valence electrons. The van der Waals surface area contributed by atoms with Crippen LogP contribution in [0.4, 0.5) is 10.1 Å². The fourth-order valence-corrected chi connectivity index (χ4v) is 4.12. The maximum Gasteiger partial charge on any atom is 0.282 e. The third-order valence-electron chi connectivity index (χ3n) is 5.86. The van der Waals surface area contributed by atoms with E-state index in [4.69, 9.17) is 4.74 Å². The van der Waals surface area contributed by atoms with Gasteiger partial charge in [-0.3, -0.25) is 9.59 Å². The number of anilines is 1. The van der Waals surface area contributed by atoms with Gasteiger partial charge in [-0.05, 0) is 55.0 Å². The predicted octanol–water partition coefficient (Wildman–Crippen LogP) is 4.63. The third kappa shape index (κ3) is 4.07. The molecule has 0 spiro atoms. The van der Waals surface area contributed by atoms with Crippen molar-refractivity contribution in [3.8, 4) is 5.75 Å². The number of imide groups is 1. The Hall–Kier alpha value is -3.15. The van der Waals surface area contributed by atoms with Gasteiger partial charge in [0.1, 0.15) is 17.3 Å². The van der Waals surface area contributed by atoms with Crippen LogP contribution in [0.2, 0.25) is 0 Å². The Morgan fingerprint density at radius 3 is 2.35 bits per heavy atom. The summed E-state index contributed by atoms with van der Waals surface area (Å²) in [5.41, 5.74) is 1.70. The summed E-state index contributed by atoms with van der Waals surface area (Å²) in [5.74, 6) is -0.0653. The molecule has 0 aromatic heterocycles. The smallest absolute Gasteiger partial charge is 0.282 e. The van der Waals surface area contributed by atoms with Gasteiger partial charge in [0.25, 0.3) is 11.8 Å². The van der Waals surface area contributed by atoms with Gasteiger partial charge in [0, 0.05) is 13.1 Å². The van der Waals surface area contributed by atoms with Gasteiger partial charge < -0.3 is 9.64 Å². The quantitative estimate of drug-likeness (QED) is 0.637. The van der Waals surface area contributed by atoms with Crippen molar-refractivity contribution in [3.05, 3.63) is 65.6 Å². The zero-order valence-electron chi connectivity index (χ0n) is 17.9. The molecule has 0 atom stereocenters. The maximum absolute atomic E-state index is 13.6. The highest BCUT2D eigenvalue weighted by Crippen LogP contribution is 2.39. The largest absolute Gasteiger partial charge is 0.491 e. The molecule has 4 rings (SSSR count). The van der Waals surface area contributed by atoms with E-state index in [1.165, 1.54) is 17.0 Å². The van der Waals surface area contributed by atoms with Crippen LogP contribution in [0.15, 0.2) is 54.2 Å². The predicted molar refractivity (Wildman–Crippen MR) is 118 cm³/mol. The van der Waals surface area contributed by atoms with E-state index in [0.29, 0.717) is 53.9 Å². The van der Waals surface area contributed by atoms with Crippen molar-refractivity contribution in [1.82, 2.24) is 4.90 Å². The summed E-state index contributed by atoms with van der Waals surface area (Å²) in [6.45, 7) is 6.10. The van der Waals surface area contributed by atoms with Crippen molar-refractivity contribution in [1.29, 1.82) is 0 Å². The van der Waals surface area contributed by atoms with E-state index in [1.807, 2.05) is 17.9 Å². The minimum absolute atomic E-state index is 0.324. The Morgan fingerprint density at radius 1 is 1.00 bits per heavy atom. The first-order valence-corrected chi connectivity index (χ1v) is 10.9. The van der Waals surface area contributed by atoms with Crippen LogP contribution in [-0.2, 0) is 9.59 Å². The van der Waals surface area contributed by atoms with E-state index in [2.05, 4.69) is 6.92 Å². The first-order chi connectivity index (χ1) is 15.0. The number of ether oxygens (including phenoxy) is 1. The molecule has 0 unspecified atom stereocenters. The molecule has 31 heavy (non-hydrogen) atoms. The Balaban J connectivity index is 1.79. The van der Waals surface area contributed by atoms with Gasteiger partial charge in [-0.15, -0.1) is 0 Å². The molecular formula is C25H27FN2O3. The zero-order chi connectivity index (χ0) is 22.0. The van der Waals surface area contributed by atoms with E-state index < -0.39 is 5.91 Å². The van der Waals surface area contributed by atoms with Crippen LogP contribution in [0, 0.1) is 11.7 Å². The van der Waals surface area contributed by atoms with Crippen LogP contribution >= 0.6 is 0 Å². The van der Waals surface area contributed by atoms with E-state index in [-0.39, 0.29) is 11.7 Å². The lowest BCUT2D eigenvalue weighted by molar-refractivity contribution is -0.120. The molecule has 0 aliphatic carbocycles. The molecule has 0 radical (unpaired) electrons. The van der Waals surface area contributed by atoms with Gasteiger partial charge in [0.2, 0.25) is 0 Å². The average molecular weight is 423 g/mol. The number of piperidine rings is 1. The number of amides is 2. The highest BCUT2D eigenvalue weighted by Gasteiger charge is 2.43. The number of halogens is 1. The summed E-state index contributed by atoms with van der Waals surface area (Å²) in [7, 11) is 0. The van der Waals surface area contributed by atoms with Gasteiger partial charge in [0.05, 0.1) is 17.9 Å². The molecule has 0 saturated carbocycles. The van der Waals surface area contributed by atoms with Crippen LogP contribution < -0.4 is 9.64 Å². The van der Waals surface area contributed by atoms with Crippen molar-refractivity contribution >= 4 is 23.1 Å². The molecule has 2 aromatic carbocycles. The van der Waals surface area contributed by atoms with Crippen molar-refractivity contribution in [2.45, 2.75) is 33.1 Å². The molecular weight excluding hydrogens is 395 g/mol. The lowest BCUT2D eigenvalue weighted by atomic mass is 9.97. The molecule has 0 N–H and O–H groups in total. The van der Waals surface area contributed by atoms with Gasteiger partial charge in [-0.1, -0.05) is 38.1 Å². The number of nitrogens with zero attached hydrogens (tertiary/aromatic N) is 2. The number of carbonyl (C=O) groups excluding carboxylic acids is 2. The first kappa shape index (κ1) is 21.1. The van der Waals surface area contributed by atoms with Gasteiger partial charge in [-0.2, -0.15) is 0 Å². The minimum atomic E-state index is -0.405. The van der Waals surface area contributed by atoms with Crippen LogP contribution in [0.1, 0.15) is 38.7 Å². The fraction of sp³-hybridized carbons (Fsp3) is 0.360. The minimum Gasteiger partial charge on any atom is -0.491 e. The van der Waals surface area contributed by atoms with Gasteiger partial charge in [0.15, 0.2) is 0 Å². The molecule has 5 nitrogen and oxygen atoms in total. The summed E-state index contributed by atoms with van der Waals surface area (Å²) >= 11 is 0. The highest BCUT2D eigenvalue weighted by atomic mass is 19.1. The molecule has 2 heterocycles. The van der Waals surface area contributed by atoms with Crippen LogP contribution in [-0.4, -0.2) is 36.4 Å². The monoisotopic (exact) mass is 422 g/mol. The second kappa shape index (κ2) is 8.92. The molecule has 2 aliphatic heterocycles. The van der Waals surface area contributed by atoms with Crippen LogP contribution in [0.5, 0.6) is 5.75 Å². The molecule has 0 bridgehead atoms. The van der Waals surface area contributed by atoms with Crippen molar-refractivity contribution in [2.24, 2.45) is 5.92 Å². The maximum atomic E-state index is 13.6. The Labute approximate surface area is 182 Å². The van der Waals surface area contributed by atoms with E-state index in [0.717, 1.165) is 19.3 Å². The van der Waals surface area contributed by atoms with Crippen molar-refractivity contribution in [2.75, 3.05) is 24.6 Å². The average Bonchev–Trinajstić information content (AvgIpc) is 3.03. The summed E-state index contributed by atoms with van der Waals surface area (Å²) < 4.78 is 19.4. The van der Waals surface area contributed by atoms with Crippen LogP contribution in [0.25, 0.3) is 5.57 Å². The summed E-state index contributed by atoms with van der Waals surface area (Å²) in [4.78, 5) is 30.5. The number of hydrogen-bond acceptors (Lipinski definition) is 4. The highest BCUT2D eigenvalue weighted by molar-refractivity contribution is 6.45. The van der Waals surface area contributed by atoms with E-state index >= 15 is 0 Å². The fourth-order valence-electron chi connectivity index (χ4n) is 4.12. The number of para-hydroxylation sites is 2. The molecule has 2 amide bonds. The number of carbonyl (C=O) groups is 2. The van der Waals surface area contributed by atoms with Crippen LogP contribution in [0.3, 0.4) is 0 Å². The topological polar surface area (TPSA) is 49.9 Å².